The van der Waals surface area contributed by atoms with Crippen molar-refractivity contribution in [1.29, 1.82) is 0 Å². The average Bonchev–Trinajstić information content (AvgIpc) is 3.05. The molecule has 0 atom stereocenters. The van der Waals surface area contributed by atoms with Crippen LogP contribution in [0, 0.1) is 6.92 Å². The smallest absolute Gasteiger partial charge is 0.255 e. The summed E-state index contributed by atoms with van der Waals surface area (Å²) < 4.78 is 5.72. The lowest BCUT2D eigenvalue weighted by molar-refractivity contribution is 0.102. The number of aromatic nitrogens is 1. The van der Waals surface area contributed by atoms with Crippen LogP contribution >= 0.6 is 11.6 Å². The number of nitrogens with one attached hydrogen (secondary N) is 1. The third kappa shape index (κ3) is 3.50. The topological polar surface area (TPSA) is 75.4 Å². The molecule has 2 N–H and O–H groups in total. The highest BCUT2D eigenvalue weighted by Crippen LogP contribution is 2.33. The minimum Gasteiger partial charge on any atom is -0.507 e. The molecular weight excluding hydrogens is 364 g/mol. The van der Waals surface area contributed by atoms with Gasteiger partial charge >= 0.3 is 0 Å². The fourth-order valence-corrected chi connectivity index (χ4v) is 2.87. The molecule has 0 aliphatic carbocycles. The summed E-state index contributed by atoms with van der Waals surface area (Å²) in [4.78, 5) is 16.7. The Morgan fingerprint density at radius 3 is 2.59 bits per heavy atom. The van der Waals surface area contributed by atoms with Gasteiger partial charge in [-0.3, -0.25) is 4.79 Å². The van der Waals surface area contributed by atoms with Crippen LogP contribution in [0.3, 0.4) is 0 Å². The number of benzene rings is 3. The quantitative estimate of drug-likeness (QED) is 0.499. The van der Waals surface area contributed by atoms with Crippen molar-refractivity contribution in [3.05, 3.63) is 76.8 Å². The lowest BCUT2D eigenvalue weighted by atomic mass is 10.1. The van der Waals surface area contributed by atoms with Crippen LogP contribution in [0.4, 0.5) is 5.69 Å². The van der Waals surface area contributed by atoms with Crippen molar-refractivity contribution in [2.75, 3.05) is 5.32 Å². The van der Waals surface area contributed by atoms with Crippen molar-refractivity contribution < 1.29 is 14.3 Å². The number of hydrogen-bond acceptors (Lipinski definition) is 4. The van der Waals surface area contributed by atoms with Gasteiger partial charge in [0, 0.05) is 22.3 Å². The number of amides is 1. The van der Waals surface area contributed by atoms with Crippen LogP contribution in [-0.4, -0.2) is 16.0 Å². The average molecular weight is 379 g/mol. The molecule has 6 heteroatoms. The van der Waals surface area contributed by atoms with E-state index in [1.54, 1.807) is 36.4 Å². The number of halogens is 1. The molecule has 5 nitrogen and oxygen atoms in total. The number of anilines is 1. The highest BCUT2D eigenvalue weighted by molar-refractivity contribution is 6.30. The van der Waals surface area contributed by atoms with Gasteiger partial charge in [-0.05, 0) is 61.0 Å². The molecule has 3 aromatic carbocycles. The van der Waals surface area contributed by atoms with Crippen LogP contribution in [0.5, 0.6) is 5.75 Å². The zero-order chi connectivity index (χ0) is 19.0. The molecule has 0 aliphatic heterocycles. The van der Waals surface area contributed by atoms with E-state index in [4.69, 9.17) is 16.0 Å². The van der Waals surface area contributed by atoms with E-state index in [1.807, 2.05) is 25.1 Å². The molecule has 0 fully saturated rings. The molecule has 0 unspecified atom stereocenters. The number of hydrogen-bond donors (Lipinski definition) is 2. The maximum Gasteiger partial charge on any atom is 0.255 e. The first-order valence-corrected chi connectivity index (χ1v) is 8.65. The molecule has 4 rings (SSSR count). The van der Waals surface area contributed by atoms with Crippen LogP contribution < -0.4 is 5.32 Å². The van der Waals surface area contributed by atoms with Gasteiger partial charge in [0.15, 0.2) is 5.58 Å². The molecular formula is C21H15ClN2O3. The van der Waals surface area contributed by atoms with Gasteiger partial charge in [-0.25, -0.2) is 4.98 Å². The summed E-state index contributed by atoms with van der Waals surface area (Å²) >= 11 is 5.83. The number of carbonyl (C=O) groups is 1. The Hall–Kier alpha value is -3.31. The van der Waals surface area contributed by atoms with E-state index in [9.17, 15) is 9.90 Å². The Morgan fingerprint density at radius 1 is 1.07 bits per heavy atom. The molecule has 1 amide bonds. The number of oxazole rings is 1. The summed E-state index contributed by atoms with van der Waals surface area (Å²) in [6.45, 7) is 1.98. The number of aryl methyl sites for hydroxylation is 1. The predicted octanol–water partition coefficient (Wildman–Crippen LogP) is 5.41. The van der Waals surface area contributed by atoms with Crippen LogP contribution in [0.15, 0.2) is 65.1 Å². The first-order chi connectivity index (χ1) is 13.0. The van der Waals surface area contributed by atoms with Crippen molar-refractivity contribution in [3.63, 3.8) is 0 Å². The van der Waals surface area contributed by atoms with Gasteiger partial charge in [-0.2, -0.15) is 0 Å². The highest BCUT2D eigenvalue weighted by Gasteiger charge is 2.14. The maximum absolute atomic E-state index is 12.3. The Bertz CT molecular complexity index is 1150. The normalized spacial score (nSPS) is 10.9. The summed E-state index contributed by atoms with van der Waals surface area (Å²) in [6.07, 6.45) is 0. The third-order valence-corrected chi connectivity index (χ3v) is 4.39. The third-order valence-electron chi connectivity index (χ3n) is 4.14. The summed E-state index contributed by atoms with van der Waals surface area (Å²) in [5, 5.41) is 13.7. The lowest BCUT2D eigenvalue weighted by Gasteiger charge is -2.07. The first-order valence-electron chi connectivity index (χ1n) is 8.27. The van der Waals surface area contributed by atoms with Gasteiger partial charge in [-0.15, -0.1) is 0 Å². The minimum absolute atomic E-state index is 0.0350. The molecule has 27 heavy (non-hydrogen) atoms. The number of aromatic hydroxyl groups is 1. The molecule has 0 bridgehead atoms. The maximum atomic E-state index is 12.3. The number of fused-ring (bicyclic) bond motifs is 1. The second-order valence-electron chi connectivity index (χ2n) is 6.18. The monoisotopic (exact) mass is 378 g/mol. The van der Waals surface area contributed by atoms with Gasteiger partial charge in [0.1, 0.15) is 11.3 Å². The number of carbonyl (C=O) groups excluding carboxylic acids is 1. The van der Waals surface area contributed by atoms with Crippen molar-refractivity contribution in [3.8, 4) is 17.2 Å². The van der Waals surface area contributed by atoms with Crippen LogP contribution in [0.25, 0.3) is 22.6 Å². The Morgan fingerprint density at radius 2 is 1.85 bits per heavy atom. The molecule has 0 saturated heterocycles. The van der Waals surface area contributed by atoms with Gasteiger partial charge in [-0.1, -0.05) is 17.7 Å². The molecule has 0 saturated carbocycles. The van der Waals surface area contributed by atoms with E-state index in [2.05, 4.69) is 10.3 Å². The minimum atomic E-state index is -0.295. The largest absolute Gasteiger partial charge is 0.507 e. The van der Waals surface area contributed by atoms with E-state index < -0.39 is 0 Å². The molecule has 0 aliphatic rings. The second-order valence-corrected chi connectivity index (χ2v) is 6.62. The molecule has 4 aromatic rings. The Balaban J connectivity index is 1.60. The van der Waals surface area contributed by atoms with Gasteiger partial charge in [0.2, 0.25) is 5.89 Å². The fraction of sp³-hybridized carbons (Fsp3) is 0.0476. The van der Waals surface area contributed by atoms with E-state index in [0.29, 0.717) is 33.3 Å². The summed E-state index contributed by atoms with van der Waals surface area (Å²) in [5.74, 6) is -0.00739. The number of nitrogens with zero attached hydrogens (tertiary/aromatic N) is 1. The van der Waals surface area contributed by atoms with E-state index in [0.717, 1.165) is 11.1 Å². The predicted molar refractivity (Wildman–Crippen MR) is 105 cm³/mol. The second kappa shape index (κ2) is 6.78. The molecule has 1 aromatic heterocycles. The molecule has 134 valence electrons. The zero-order valence-corrected chi connectivity index (χ0v) is 15.1. The SMILES string of the molecule is Cc1ccc2oc(-c3ccc(NC(=O)c4ccc(Cl)cc4)cc3O)nc2c1. The van der Waals surface area contributed by atoms with Crippen LogP contribution in [0.1, 0.15) is 15.9 Å². The number of phenolic OH excluding ortho intramolecular Hbond substituents is 1. The summed E-state index contributed by atoms with van der Waals surface area (Å²) in [7, 11) is 0. The van der Waals surface area contributed by atoms with Gasteiger partial charge in [0.25, 0.3) is 5.91 Å². The molecule has 0 radical (unpaired) electrons. The van der Waals surface area contributed by atoms with E-state index >= 15 is 0 Å². The Kier molecular flexibility index (Phi) is 4.30. The summed E-state index contributed by atoms with van der Waals surface area (Å²) in [5.41, 5.74) is 3.83. The zero-order valence-electron chi connectivity index (χ0n) is 14.4. The number of phenols is 1. The van der Waals surface area contributed by atoms with Crippen molar-refractivity contribution >= 4 is 34.3 Å². The van der Waals surface area contributed by atoms with Gasteiger partial charge in [0.05, 0.1) is 5.56 Å². The highest BCUT2D eigenvalue weighted by atomic mass is 35.5. The molecule has 1 heterocycles. The first kappa shape index (κ1) is 17.1. The number of rotatable bonds is 3. The lowest BCUT2D eigenvalue weighted by Crippen LogP contribution is -2.11. The van der Waals surface area contributed by atoms with Crippen molar-refractivity contribution in [2.45, 2.75) is 6.92 Å². The Labute approximate surface area is 160 Å². The summed E-state index contributed by atoms with van der Waals surface area (Å²) in [6, 6.07) is 17.1. The van der Waals surface area contributed by atoms with Crippen molar-refractivity contribution in [1.82, 2.24) is 4.98 Å². The standard InChI is InChI=1S/C21H15ClN2O3/c1-12-2-9-19-17(10-12)24-21(27-19)16-8-7-15(11-18(16)25)23-20(26)13-3-5-14(22)6-4-13/h2-11,25H,1H3,(H,23,26). The van der Waals surface area contributed by atoms with Gasteiger partial charge < -0.3 is 14.8 Å². The molecule has 0 spiro atoms. The van der Waals surface area contributed by atoms with Crippen molar-refractivity contribution in [2.24, 2.45) is 0 Å². The fourth-order valence-electron chi connectivity index (χ4n) is 2.75. The van der Waals surface area contributed by atoms with E-state index in [-0.39, 0.29) is 11.7 Å². The van der Waals surface area contributed by atoms with Crippen LogP contribution in [0.2, 0.25) is 5.02 Å². The van der Waals surface area contributed by atoms with Crippen LogP contribution in [-0.2, 0) is 0 Å². The van der Waals surface area contributed by atoms with E-state index in [1.165, 1.54) is 6.07 Å².